The predicted octanol–water partition coefficient (Wildman–Crippen LogP) is 2.44. The zero-order chi connectivity index (χ0) is 18.8. The molecule has 0 radical (unpaired) electrons. The largest absolute Gasteiger partial charge is 0.350 e. The van der Waals surface area contributed by atoms with Crippen LogP contribution in [0.2, 0.25) is 0 Å². The molecule has 2 aromatic heterocycles. The van der Waals surface area contributed by atoms with Gasteiger partial charge in [0.15, 0.2) is 5.65 Å². The number of nitrogens with one attached hydrogen (secondary N) is 3. The number of hydrogen-bond donors (Lipinski definition) is 3. The normalized spacial score (nSPS) is 12.9. The number of amides is 3. The van der Waals surface area contributed by atoms with Crippen LogP contribution >= 0.6 is 0 Å². The summed E-state index contributed by atoms with van der Waals surface area (Å²) in [7, 11) is 0. The van der Waals surface area contributed by atoms with Crippen LogP contribution in [0.4, 0.5) is 10.5 Å². The molecule has 0 fully saturated rings. The molecule has 2 aromatic rings. The molecule has 0 aliphatic rings. The maximum Gasteiger partial charge on any atom is 0.319 e. The minimum Gasteiger partial charge on any atom is -0.350 e. The van der Waals surface area contributed by atoms with Crippen LogP contribution in [-0.2, 0) is 4.79 Å². The molecule has 0 spiro atoms. The number of nitrogens with zero attached hydrogens (tertiary/aromatic N) is 3. The Morgan fingerprint density at radius 1 is 1.16 bits per heavy atom. The Morgan fingerprint density at radius 3 is 2.44 bits per heavy atom. The van der Waals surface area contributed by atoms with Gasteiger partial charge in [-0.3, -0.25) is 4.79 Å². The summed E-state index contributed by atoms with van der Waals surface area (Å²) in [4.78, 5) is 28.5. The molecule has 0 saturated heterocycles. The summed E-state index contributed by atoms with van der Waals surface area (Å²) in [6.45, 7) is 11.3. The Kier molecular flexibility index (Phi) is 5.30. The summed E-state index contributed by atoms with van der Waals surface area (Å²) < 4.78 is 1.82. The summed E-state index contributed by atoms with van der Waals surface area (Å²) in [6.07, 6.45) is 3.28. The highest BCUT2D eigenvalue weighted by molar-refractivity contribution is 5.94. The van der Waals surface area contributed by atoms with Gasteiger partial charge in [-0.15, -0.1) is 0 Å². The number of rotatable bonds is 4. The van der Waals surface area contributed by atoms with E-state index >= 15 is 0 Å². The van der Waals surface area contributed by atoms with Gasteiger partial charge in [0, 0.05) is 17.0 Å². The van der Waals surface area contributed by atoms with E-state index in [2.05, 4.69) is 26.0 Å². The fourth-order valence-corrected chi connectivity index (χ4v) is 2.29. The van der Waals surface area contributed by atoms with Crippen molar-refractivity contribution in [3.8, 4) is 0 Å². The number of carbonyl (C=O) groups excluding carboxylic acids is 2. The van der Waals surface area contributed by atoms with Gasteiger partial charge in [0.05, 0.1) is 18.1 Å². The lowest BCUT2D eigenvalue weighted by atomic mass is 10.1. The van der Waals surface area contributed by atoms with Crippen molar-refractivity contribution in [2.45, 2.75) is 59.2 Å². The molecule has 0 unspecified atom stereocenters. The first-order valence-electron chi connectivity index (χ1n) is 8.29. The summed E-state index contributed by atoms with van der Waals surface area (Å²) in [5, 5.41) is 13.3. The predicted molar refractivity (Wildman–Crippen MR) is 97.4 cm³/mol. The molecule has 8 heteroatoms. The van der Waals surface area contributed by atoms with Crippen LogP contribution in [0.1, 0.15) is 47.6 Å². The second-order valence-electron chi connectivity index (χ2n) is 7.38. The summed E-state index contributed by atoms with van der Waals surface area (Å²) in [6, 6.07) is 0.885. The van der Waals surface area contributed by atoms with E-state index in [4.69, 9.17) is 0 Å². The van der Waals surface area contributed by atoms with Crippen molar-refractivity contribution in [2.75, 3.05) is 5.32 Å². The van der Waals surface area contributed by atoms with Gasteiger partial charge < -0.3 is 16.0 Å². The lowest BCUT2D eigenvalue weighted by Gasteiger charge is -2.23. The molecular weight excluding hydrogens is 320 g/mol. The van der Waals surface area contributed by atoms with Gasteiger partial charge in [0.1, 0.15) is 6.04 Å². The summed E-state index contributed by atoms with van der Waals surface area (Å²) >= 11 is 0. The number of anilines is 1. The van der Waals surface area contributed by atoms with Gasteiger partial charge in [-0.2, -0.15) is 5.10 Å². The third kappa shape index (κ3) is 4.91. The first-order valence-corrected chi connectivity index (χ1v) is 8.29. The fraction of sp³-hybridized carbons (Fsp3) is 0.529. The van der Waals surface area contributed by atoms with E-state index in [1.165, 1.54) is 0 Å². The van der Waals surface area contributed by atoms with Gasteiger partial charge in [0.25, 0.3) is 0 Å². The number of fused-ring (bicyclic) bond motifs is 1. The molecule has 3 amide bonds. The first-order chi connectivity index (χ1) is 11.6. The number of aromatic nitrogens is 3. The van der Waals surface area contributed by atoms with Gasteiger partial charge in [-0.25, -0.2) is 14.5 Å². The molecule has 3 N–H and O–H groups in total. The molecule has 1 atom stereocenters. The zero-order valence-corrected chi connectivity index (χ0v) is 15.5. The van der Waals surface area contributed by atoms with E-state index in [0.717, 1.165) is 11.0 Å². The van der Waals surface area contributed by atoms with E-state index in [9.17, 15) is 9.59 Å². The average molecular weight is 346 g/mol. The SMILES string of the molecule is CC(C)n1ncc2cc(NC(=O)N[C@H](C)C(=O)NC(C)(C)C)cnc21. The minimum atomic E-state index is -0.653. The molecule has 0 aliphatic carbocycles. The van der Waals surface area contributed by atoms with Gasteiger partial charge in [0.2, 0.25) is 5.91 Å². The smallest absolute Gasteiger partial charge is 0.319 e. The van der Waals surface area contributed by atoms with Crippen molar-refractivity contribution >= 4 is 28.7 Å². The Hall–Kier alpha value is -2.64. The van der Waals surface area contributed by atoms with Crippen molar-refractivity contribution in [1.82, 2.24) is 25.4 Å². The number of hydrogen-bond acceptors (Lipinski definition) is 4. The van der Waals surface area contributed by atoms with E-state index < -0.39 is 12.1 Å². The van der Waals surface area contributed by atoms with Gasteiger partial charge in [-0.1, -0.05) is 0 Å². The van der Waals surface area contributed by atoms with Crippen LogP contribution < -0.4 is 16.0 Å². The van der Waals surface area contributed by atoms with Crippen molar-refractivity contribution in [3.05, 3.63) is 18.5 Å². The third-order valence-electron chi connectivity index (χ3n) is 3.42. The van der Waals surface area contributed by atoms with Crippen molar-refractivity contribution in [3.63, 3.8) is 0 Å². The Morgan fingerprint density at radius 2 is 1.84 bits per heavy atom. The highest BCUT2D eigenvalue weighted by Gasteiger charge is 2.20. The summed E-state index contributed by atoms with van der Waals surface area (Å²) in [5.74, 6) is -0.241. The van der Waals surface area contributed by atoms with Gasteiger partial charge in [-0.05, 0) is 47.6 Å². The van der Waals surface area contributed by atoms with Crippen molar-refractivity contribution in [2.24, 2.45) is 0 Å². The van der Waals surface area contributed by atoms with Crippen molar-refractivity contribution < 1.29 is 9.59 Å². The monoisotopic (exact) mass is 346 g/mol. The van der Waals surface area contributed by atoms with Crippen LogP contribution in [0.15, 0.2) is 18.5 Å². The highest BCUT2D eigenvalue weighted by Crippen LogP contribution is 2.18. The van der Waals surface area contributed by atoms with Crippen LogP contribution in [0.5, 0.6) is 0 Å². The molecule has 8 nitrogen and oxygen atoms in total. The van der Waals surface area contributed by atoms with Crippen LogP contribution in [0.3, 0.4) is 0 Å². The molecular formula is C17H26N6O2. The maximum absolute atomic E-state index is 12.1. The molecule has 0 bridgehead atoms. The first kappa shape index (κ1) is 18.7. The number of urea groups is 1. The topological polar surface area (TPSA) is 101 Å². The fourth-order valence-electron chi connectivity index (χ4n) is 2.29. The third-order valence-corrected chi connectivity index (χ3v) is 3.42. The van der Waals surface area contributed by atoms with Crippen molar-refractivity contribution in [1.29, 1.82) is 0 Å². The van der Waals surface area contributed by atoms with E-state index in [1.807, 2.05) is 39.3 Å². The molecule has 136 valence electrons. The minimum absolute atomic E-state index is 0.203. The lowest BCUT2D eigenvalue weighted by molar-refractivity contribution is -0.123. The van der Waals surface area contributed by atoms with E-state index in [-0.39, 0.29) is 17.5 Å². The molecule has 0 saturated carbocycles. The Bertz CT molecular complexity index is 775. The van der Waals surface area contributed by atoms with Crippen LogP contribution in [-0.4, -0.2) is 38.3 Å². The van der Waals surface area contributed by atoms with Crippen LogP contribution in [0, 0.1) is 0 Å². The molecule has 2 heterocycles. The maximum atomic E-state index is 12.1. The average Bonchev–Trinajstić information content (AvgIpc) is 2.88. The van der Waals surface area contributed by atoms with Gasteiger partial charge >= 0.3 is 6.03 Å². The molecule has 2 rings (SSSR count). The molecule has 0 aliphatic heterocycles. The lowest BCUT2D eigenvalue weighted by Crippen LogP contribution is -2.51. The quantitative estimate of drug-likeness (QED) is 0.791. The summed E-state index contributed by atoms with van der Waals surface area (Å²) in [5.41, 5.74) is 0.949. The van der Waals surface area contributed by atoms with E-state index in [1.54, 1.807) is 25.4 Å². The number of pyridine rings is 1. The Balaban J connectivity index is 2.01. The Labute approximate surface area is 147 Å². The number of carbonyl (C=O) groups is 2. The second kappa shape index (κ2) is 7.08. The van der Waals surface area contributed by atoms with Crippen LogP contribution in [0.25, 0.3) is 11.0 Å². The second-order valence-corrected chi connectivity index (χ2v) is 7.38. The van der Waals surface area contributed by atoms with E-state index in [0.29, 0.717) is 5.69 Å². The highest BCUT2D eigenvalue weighted by atomic mass is 16.2. The molecule has 0 aromatic carbocycles. The molecule has 25 heavy (non-hydrogen) atoms. The zero-order valence-electron chi connectivity index (χ0n) is 15.5. The standard InChI is InChI=1S/C17H26N6O2/c1-10(2)23-14-12(8-19-23)7-13(9-18-14)21-16(25)20-11(3)15(24)22-17(4,5)6/h7-11H,1-6H3,(H,22,24)(H2,20,21,25)/t11-/m1/s1.